The summed E-state index contributed by atoms with van der Waals surface area (Å²) in [5.41, 5.74) is 2.50. The minimum absolute atomic E-state index is 0.226. The lowest BCUT2D eigenvalue weighted by molar-refractivity contribution is -0.152. The highest BCUT2D eigenvalue weighted by atomic mass is 16.6. The molecular weight excluding hydrogens is 661 g/mol. The van der Waals surface area contributed by atoms with Crippen molar-refractivity contribution >= 4 is 5.97 Å². The molecule has 0 bridgehead atoms. The van der Waals surface area contributed by atoms with Crippen LogP contribution in [0.3, 0.4) is 0 Å². The van der Waals surface area contributed by atoms with Crippen LogP contribution in [0.5, 0.6) is 34.5 Å². The van der Waals surface area contributed by atoms with Crippen molar-refractivity contribution in [1.82, 2.24) is 0 Å². The van der Waals surface area contributed by atoms with Gasteiger partial charge in [-0.25, -0.2) is 4.79 Å². The van der Waals surface area contributed by atoms with Crippen molar-refractivity contribution in [3.8, 4) is 56.8 Å². The lowest BCUT2D eigenvalue weighted by Crippen LogP contribution is -2.43. The number of ether oxygens (including phenoxy) is 4. The van der Waals surface area contributed by atoms with Crippen molar-refractivity contribution in [3.63, 3.8) is 0 Å². The van der Waals surface area contributed by atoms with Crippen molar-refractivity contribution in [2.75, 3.05) is 6.61 Å². The molecule has 7 aromatic carbocycles. The van der Waals surface area contributed by atoms with Crippen LogP contribution in [0.1, 0.15) is 11.1 Å². The van der Waals surface area contributed by atoms with Crippen molar-refractivity contribution in [2.45, 2.75) is 5.60 Å². The van der Waals surface area contributed by atoms with Crippen LogP contribution in [0.2, 0.25) is 0 Å². The van der Waals surface area contributed by atoms with Crippen LogP contribution in [0.4, 0.5) is 0 Å². The van der Waals surface area contributed by atoms with Crippen molar-refractivity contribution in [3.05, 3.63) is 206 Å². The quantitative estimate of drug-likeness (QED) is 0.114. The number of carboxylic acids is 1. The largest absolute Gasteiger partial charge is 0.486 e. The second-order valence-electron chi connectivity index (χ2n) is 12.2. The number of hydrogen-bond donors (Lipinski definition) is 1. The van der Waals surface area contributed by atoms with E-state index in [0.29, 0.717) is 28.4 Å². The van der Waals surface area contributed by atoms with Crippen molar-refractivity contribution < 1.29 is 28.8 Å². The van der Waals surface area contributed by atoms with Gasteiger partial charge in [-0.05, 0) is 82.9 Å². The summed E-state index contributed by atoms with van der Waals surface area (Å²) in [5, 5.41) is 11.2. The topological polar surface area (TPSA) is 74.2 Å². The van der Waals surface area contributed by atoms with E-state index in [1.807, 2.05) is 140 Å². The molecule has 1 N–H and O–H groups in total. The highest BCUT2D eigenvalue weighted by Gasteiger charge is 2.46. The maximum Gasteiger partial charge on any atom is 0.357 e. The van der Waals surface area contributed by atoms with Gasteiger partial charge in [0.25, 0.3) is 5.60 Å². The average molecular weight is 697 g/mol. The van der Waals surface area contributed by atoms with Crippen molar-refractivity contribution in [2.24, 2.45) is 0 Å². The van der Waals surface area contributed by atoms with E-state index < -0.39 is 11.6 Å². The molecule has 6 nitrogen and oxygen atoms in total. The predicted molar refractivity (Wildman–Crippen MR) is 208 cm³/mol. The van der Waals surface area contributed by atoms with Gasteiger partial charge in [-0.2, -0.15) is 0 Å². The van der Waals surface area contributed by atoms with Gasteiger partial charge in [-0.1, -0.05) is 134 Å². The molecule has 260 valence electrons. The number of carbonyl (C=O) groups is 1. The van der Waals surface area contributed by atoms with Gasteiger partial charge in [0, 0.05) is 11.1 Å². The van der Waals surface area contributed by atoms with E-state index in [2.05, 4.69) is 6.58 Å². The van der Waals surface area contributed by atoms with E-state index in [-0.39, 0.29) is 12.4 Å². The van der Waals surface area contributed by atoms with E-state index in [9.17, 15) is 9.90 Å². The molecule has 7 rings (SSSR count). The number of carboxylic acid groups (broad SMARTS) is 1. The smallest absolute Gasteiger partial charge is 0.357 e. The molecule has 0 saturated heterocycles. The van der Waals surface area contributed by atoms with Crippen LogP contribution >= 0.6 is 0 Å². The first-order valence-corrected chi connectivity index (χ1v) is 17.1. The minimum atomic E-state index is -1.94. The molecular formula is C47H36O6. The van der Waals surface area contributed by atoms with E-state index in [1.54, 1.807) is 48.5 Å². The van der Waals surface area contributed by atoms with E-state index in [4.69, 9.17) is 18.9 Å². The zero-order valence-corrected chi connectivity index (χ0v) is 28.8. The molecule has 0 aliphatic rings. The van der Waals surface area contributed by atoms with Gasteiger partial charge in [0.1, 0.15) is 29.6 Å². The fourth-order valence-corrected chi connectivity index (χ4v) is 6.06. The molecule has 0 fully saturated rings. The first-order valence-electron chi connectivity index (χ1n) is 17.1. The molecule has 6 heteroatoms. The number of benzene rings is 7. The third-order valence-electron chi connectivity index (χ3n) is 8.65. The minimum Gasteiger partial charge on any atom is -0.486 e. The normalized spacial score (nSPS) is 10.9. The van der Waals surface area contributed by atoms with Crippen LogP contribution in [0.25, 0.3) is 22.3 Å². The van der Waals surface area contributed by atoms with Crippen LogP contribution in [0.15, 0.2) is 195 Å². The fraction of sp³-hybridized carbons (Fsp3) is 0.0426. The molecule has 0 unspecified atom stereocenters. The summed E-state index contributed by atoms with van der Waals surface area (Å²) in [6.45, 7) is 3.97. The Morgan fingerprint density at radius 2 is 0.943 bits per heavy atom. The average Bonchev–Trinajstić information content (AvgIpc) is 3.20. The molecule has 0 aromatic heterocycles. The van der Waals surface area contributed by atoms with Crippen molar-refractivity contribution in [1.29, 1.82) is 0 Å². The highest BCUT2D eigenvalue weighted by Crippen LogP contribution is 2.41. The fourth-order valence-electron chi connectivity index (χ4n) is 6.06. The molecule has 0 aliphatic carbocycles. The summed E-state index contributed by atoms with van der Waals surface area (Å²) < 4.78 is 24.6. The van der Waals surface area contributed by atoms with E-state index in [1.165, 1.54) is 0 Å². The summed E-state index contributed by atoms with van der Waals surface area (Å²) in [7, 11) is 0. The lowest BCUT2D eigenvalue weighted by atomic mass is 9.84. The molecule has 0 saturated carbocycles. The summed E-state index contributed by atoms with van der Waals surface area (Å²) in [5.74, 6) is 2.34. The molecule has 0 heterocycles. The molecule has 0 radical (unpaired) electrons. The molecule has 0 amide bonds. The lowest BCUT2D eigenvalue weighted by Gasteiger charge is -2.32. The van der Waals surface area contributed by atoms with Gasteiger partial charge in [0.05, 0.1) is 0 Å². The third kappa shape index (κ3) is 7.82. The van der Waals surface area contributed by atoms with Gasteiger partial charge in [-0.3, -0.25) is 0 Å². The number of para-hydroxylation sites is 4. The Balaban J connectivity index is 1.25. The Labute approximate surface area is 308 Å². The Kier molecular flexibility index (Phi) is 10.3. The Morgan fingerprint density at radius 3 is 1.40 bits per heavy atom. The summed E-state index contributed by atoms with van der Waals surface area (Å²) >= 11 is 0. The molecule has 0 spiro atoms. The monoisotopic (exact) mass is 696 g/mol. The molecule has 7 aromatic rings. The van der Waals surface area contributed by atoms with Crippen LogP contribution in [0, 0.1) is 0 Å². The molecule has 0 atom stereocenters. The number of rotatable bonds is 14. The Bertz CT molecular complexity index is 2170. The molecule has 53 heavy (non-hydrogen) atoms. The van der Waals surface area contributed by atoms with Gasteiger partial charge in [0.15, 0.2) is 11.5 Å². The first-order chi connectivity index (χ1) is 26.0. The zero-order valence-electron chi connectivity index (χ0n) is 28.8. The zero-order chi connectivity index (χ0) is 36.5. The third-order valence-corrected chi connectivity index (χ3v) is 8.65. The number of hydrogen-bond acceptors (Lipinski definition) is 5. The van der Waals surface area contributed by atoms with Gasteiger partial charge >= 0.3 is 5.97 Å². The van der Waals surface area contributed by atoms with Gasteiger partial charge in [-0.15, -0.1) is 0 Å². The maximum absolute atomic E-state index is 13.7. The van der Waals surface area contributed by atoms with Gasteiger partial charge in [0.2, 0.25) is 0 Å². The SMILES string of the molecule is C=CCOc1ccccc1OC(C(=O)O)(c1ccc(-c2cccc(Oc3ccccc3)c2)cc1)c1ccc(-c2cccc(Oc3ccccc3)c2)cc1. The van der Waals surface area contributed by atoms with Gasteiger partial charge < -0.3 is 24.1 Å². The summed E-state index contributed by atoms with van der Waals surface area (Å²) in [4.78, 5) is 13.7. The van der Waals surface area contributed by atoms with Crippen LogP contribution in [-0.4, -0.2) is 17.7 Å². The Morgan fingerprint density at radius 1 is 0.509 bits per heavy atom. The number of aliphatic carboxylic acids is 1. The first kappa shape index (κ1) is 34.4. The summed E-state index contributed by atoms with van der Waals surface area (Å²) in [6, 6.07) is 56.5. The second-order valence-corrected chi connectivity index (χ2v) is 12.2. The summed E-state index contributed by atoms with van der Waals surface area (Å²) in [6.07, 6.45) is 1.62. The van der Waals surface area contributed by atoms with Crippen LogP contribution in [-0.2, 0) is 10.4 Å². The standard InChI is InChI=1S/C47H36O6/c1-2-31-50-44-21-9-10-22-45(44)53-47(46(48)49,38-27-23-34(24-28-38)36-13-11-19-42(32-36)51-40-15-5-3-6-16-40)39-29-25-35(26-30-39)37-14-12-20-43(33-37)52-41-17-7-4-8-18-41/h2-30,32-33H,1,31H2,(H,48,49). The second kappa shape index (κ2) is 15.9. The van der Waals surface area contributed by atoms with E-state index in [0.717, 1.165) is 33.8 Å². The highest BCUT2D eigenvalue weighted by molar-refractivity contribution is 5.85. The predicted octanol–water partition coefficient (Wildman–Crippen LogP) is 11.6. The van der Waals surface area contributed by atoms with E-state index >= 15 is 0 Å². The maximum atomic E-state index is 13.7. The molecule has 0 aliphatic heterocycles. The Hall–Kier alpha value is -7.05. The van der Waals surface area contributed by atoms with Crippen LogP contribution < -0.4 is 18.9 Å².